The normalized spacial score (nSPS) is 25.6. The number of hydrogen-bond acceptors (Lipinski definition) is 8. The molecular weight excluding hydrogens is 619 g/mol. The van der Waals surface area contributed by atoms with E-state index in [1.54, 1.807) is 4.90 Å². The fraction of sp³-hybridized carbons (Fsp3) is 0.344. The van der Waals surface area contributed by atoms with E-state index in [0.29, 0.717) is 25.0 Å². The molecule has 2 bridgehead atoms. The van der Waals surface area contributed by atoms with Crippen molar-refractivity contribution >= 4 is 11.8 Å². The van der Waals surface area contributed by atoms with E-state index in [-0.39, 0.29) is 36.9 Å². The molecule has 2 saturated heterocycles. The molecule has 3 aliphatic heterocycles. The van der Waals surface area contributed by atoms with Gasteiger partial charge in [0.25, 0.3) is 11.8 Å². The SMILES string of the molecule is CC1CCC2(CC(OCc3ccccc3)(n3ccnn3)N(Cc3c(F)cc(F)cc3F)O2)C2CN1C(=O)c1cc(=O)c(C(N)=O)cn12. The number of nitrogens with two attached hydrogens (primary N) is 1. The summed E-state index contributed by atoms with van der Waals surface area (Å²) >= 11 is 0. The lowest BCUT2D eigenvalue weighted by Gasteiger charge is -2.42. The van der Waals surface area contributed by atoms with Crippen molar-refractivity contribution in [1.29, 1.82) is 0 Å². The molecule has 0 aliphatic carbocycles. The van der Waals surface area contributed by atoms with Crippen molar-refractivity contribution in [2.24, 2.45) is 5.73 Å². The van der Waals surface area contributed by atoms with Gasteiger partial charge in [0.2, 0.25) is 5.85 Å². The number of halogens is 3. The van der Waals surface area contributed by atoms with Gasteiger partial charge in [0.1, 0.15) is 34.3 Å². The third-order valence-corrected chi connectivity index (χ3v) is 9.37. The van der Waals surface area contributed by atoms with Crippen molar-refractivity contribution in [2.75, 3.05) is 6.54 Å². The summed E-state index contributed by atoms with van der Waals surface area (Å²) in [6.45, 7) is 1.48. The van der Waals surface area contributed by atoms with Gasteiger partial charge in [0, 0.05) is 49.0 Å². The van der Waals surface area contributed by atoms with Gasteiger partial charge in [-0.25, -0.2) is 17.9 Å². The van der Waals surface area contributed by atoms with Crippen LogP contribution in [0.5, 0.6) is 0 Å². The highest BCUT2D eigenvalue weighted by atomic mass is 19.1. The average molecular weight is 650 g/mol. The zero-order valence-electron chi connectivity index (χ0n) is 25.2. The van der Waals surface area contributed by atoms with Crippen LogP contribution in [0.2, 0.25) is 0 Å². The zero-order valence-corrected chi connectivity index (χ0v) is 25.2. The van der Waals surface area contributed by atoms with Gasteiger partial charge in [-0.15, -0.1) is 10.2 Å². The van der Waals surface area contributed by atoms with E-state index >= 15 is 8.78 Å². The summed E-state index contributed by atoms with van der Waals surface area (Å²) < 4.78 is 53.9. The Kier molecular flexibility index (Phi) is 7.49. The maximum absolute atomic E-state index is 15.2. The molecule has 4 unspecified atom stereocenters. The Labute approximate surface area is 266 Å². The van der Waals surface area contributed by atoms with Crippen LogP contribution in [0, 0.1) is 17.5 Å². The van der Waals surface area contributed by atoms with Crippen molar-refractivity contribution < 1.29 is 32.3 Å². The molecule has 0 radical (unpaired) electrons. The lowest BCUT2D eigenvalue weighted by Crippen LogP contribution is -2.52. The Morgan fingerprint density at radius 1 is 1.13 bits per heavy atom. The predicted octanol–water partition coefficient (Wildman–Crippen LogP) is 3.24. The molecule has 244 valence electrons. The minimum absolute atomic E-state index is 0.00247. The van der Waals surface area contributed by atoms with Crippen molar-refractivity contribution in [2.45, 2.75) is 62.9 Å². The van der Waals surface area contributed by atoms with Gasteiger partial charge in [-0.3, -0.25) is 19.2 Å². The molecule has 7 rings (SSSR count). The van der Waals surface area contributed by atoms with Crippen LogP contribution >= 0.6 is 0 Å². The van der Waals surface area contributed by atoms with Gasteiger partial charge in [0.05, 0.1) is 31.6 Å². The van der Waals surface area contributed by atoms with Gasteiger partial charge in [-0.05, 0) is 25.3 Å². The minimum Gasteiger partial charge on any atom is -0.365 e. The number of aromatic nitrogens is 4. The number of ether oxygens (including phenoxy) is 1. The van der Waals surface area contributed by atoms with E-state index in [9.17, 15) is 18.8 Å². The molecule has 4 atom stereocenters. The van der Waals surface area contributed by atoms with E-state index in [1.807, 2.05) is 37.3 Å². The van der Waals surface area contributed by atoms with Gasteiger partial charge in [-0.2, -0.15) is 0 Å². The van der Waals surface area contributed by atoms with Crippen molar-refractivity contribution in [3.8, 4) is 0 Å². The van der Waals surface area contributed by atoms with Crippen molar-refractivity contribution in [3.05, 3.63) is 117 Å². The zero-order chi connectivity index (χ0) is 33.1. The number of rotatable bonds is 7. The lowest BCUT2D eigenvalue weighted by atomic mass is 9.84. The number of benzene rings is 2. The first-order valence-corrected chi connectivity index (χ1v) is 15.0. The van der Waals surface area contributed by atoms with Crippen LogP contribution in [-0.2, 0) is 28.6 Å². The number of hydrogen-bond donors (Lipinski definition) is 1. The topological polar surface area (TPSA) is 138 Å². The Bertz CT molecular complexity index is 1900. The van der Waals surface area contributed by atoms with Gasteiger partial charge < -0.3 is 19.9 Å². The van der Waals surface area contributed by atoms with Crippen LogP contribution < -0.4 is 11.2 Å². The number of amides is 2. The summed E-state index contributed by atoms with van der Waals surface area (Å²) in [6.07, 6.45) is 4.98. The number of pyridine rings is 1. The van der Waals surface area contributed by atoms with E-state index < -0.39 is 64.3 Å². The summed E-state index contributed by atoms with van der Waals surface area (Å²) in [5.41, 5.74) is 3.61. The first-order valence-electron chi connectivity index (χ1n) is 15.0. The van der Waals surface area contributed by atoms with Crippen molar-refractivity contribution in [1.82, 2.24) is 29.5 Å². The third-order valence-electron chi connectivity index (χ3n) is 9.37. The second kappa shape index (κ2) is 11.4. The molecule has 15 heteroatoms. The molecule has 2 aromatic carbocycles. The smallest absolute Gasteiger partial charge is 0.270 e. The Hall–Kier alpha value is -4.86. The average Bonchev–Trinajstić information content (AvgIpc) is 3.67. The molecule has 47 heavy (non-hydrogen) atoms. The monoisotopic (exact) mass is 649 g/mol. The van der Waals surface area contributed by atoms with Crippen LogP contribution in [-0.4, -0.2) is 59.5 Å². The molecule has 4 aromatic rings. The predicted molar refractivity (Wildman–Crippen MR) is 158 cm³/mol. The molecule has 2 N–H and O–H groups in total. The molecular formula is C32H30F3N7O5. The second-order valence-corrected chi connectivity index (χ2v) is 12.2. The fourth-order valence-electron chi connectivity index (χ4n) is 6.93. The van der Waals surface area contributed by atoms with Gasteiger partial charge >= 0.3 is 0 Å². The van der Waals surface area contributed by atoms with Crippen LogP contribution in [0.3, 0.4) is 0 Å². The number of carbonyl (C=O) groups is 2. The molecule has 12 nitrogen and oxygen atoms in total. The standard InChI is InChI=1S/C32H30F3N7O5/c1-19-7-8-31(28-16-39(19)30(45)26-13-27(43)23(29(36)44)14-40(26)28)18-32(41-10-9-37-38-41,46-17-20-5-3-2-4-6-20)42(47-31)15-22-24(34)11-21(33)12-25(22)35/h2-6,9-14,19,28H,7-8,15-18H2,1H3,(H2,36,44). The number of carbonyl (C=O) groups excluding carboxylic acids is 2. The first-order chi connectivity index (χ1) is 22.5. The molecule has 5 heterocycles. The first kappa shape index (κ1) is 30.8. The third kappa shape index (κ3) is 5.10. The summed E-state index contributed by atoms with van der Waals surface area (Å²) in [4.78, 5) is 47.2. The summed E-state index contributed by atoms with van der Waals surface area (Å²) in [5, 5.41) is 9.49. The molecule has 1 spiro atoms. The highest BCUT2D eigenvalue weighted by molar-refractivity contribution is 5.96. The second-order valence-electron chi connectivity index (χ2n) is 12.2. The number of primary amides is 1. The summed E-state index contributed by atoms with van der Waals surface area (Å²) in [7, 11) is 0. The van der Waals surface area contributed by atoms with Crippen molar-refractivity contribution in [3.63, 3.8) is 0 Å². The molecule has 2 aromatic heterocycles. The quantitative estimate of drug-likeness (QED) is 0.322. The number of fused-ring (bicyclic) bond motifs is 5. The molecule has 0 saturated carbocycles. The van der Waals surface area contributed by atoms with E-state index in [4.69, 9.17) is 15.3 Å². The molecule has 2 amide bonds. The van der Waals surface area contributed by atoms with E-state index in [0.717, 1.165) is 11.6 Å². The minimum atomic E-state index is -1.68. The summed E-state index contributed by atoms with van der Waals surface area (Å²) in [6, 6.07) is 10.5. The Balaban J connectivity index is 1.41. The van der Waals surface area contributed by atoms with E-state index in [1.165, 1.54) is 32.9 Å². The summed E-state index contributed by atoms with van der Waals surface area (Å²) in [5.74, 6) is -6.36. The molecule has 2 fully saturated rings. The highest BCUT2D eigenvalue weighted by Crippen LogP contribution is 2.54. The lowest BCUT2D eigenvalue weighted by molar-refractivity contribution is -0.330. The van der Waals surface area contributed by atoms with Crippen LogP contribution in [0.4, 0.5) is 13.2 Å². The largest absolute Gasteiger partial charge is 0.365 e. The highest BCUT2D eigenvalue weighted by Gasteiger charge is 2.63. The Morgan fingerprint density at radius 3 is 2.55 bits per heavy atom. The maximum Gasteiger partial charge on any atom is 0.270 e. The van der Waals surface area contributed by atoms with Crippen LogP contribution in [0.1, 0.15) is 64.2 Å². The maximum atomic E-state index is 15.2. The van der Waals surface area contributed by atoms with E-state index in [2.05, 4.69) is 10.3 Å². The fourth-order valence-corrected chi connectivity index (χ4v) is 6.93. The van der Waals surface area contributed by atoms with Gasteiger partial charge in [-0.1, -0.05) is 35.5 Å². The van der Waals surface area contributed by atoms with Crippen LogP contribution in [0.25, 0.3) is 0 Å². The molecule has 3 aliphatic rings. The number of nitrogens with zero attached hydrogens (tertiary/aromatic N) is 6. The van der Waals surface area contributed by atoms with Crippen LogP contribution in [0.15, 0.2) is 71.9 Å². The van der Waals surface area contributed by atoms with Gasteiger partial charge in [0.15, 0.2) is 5.43 Å². The number of hydroxylamine groups is 2. The Morgan fingerprint density at radius 2 is 1.87 bits per heavy atom.